The van der Waals surface area contributed by atoms with Gasteiger partial charge in [0.2, 0.25) is 0 Å². The zero-order valence-electron chi connectivity index (χ0n) is 12.2. The lowest BCUT2D eigenvalue weighted by atomic mass is 10.2. The molecular formula is C15H19N3O3. The topological polar surface area (TPSA) is 57.5 Å². The van der Waals surface area contributed by atoms with Crippen molar-refractivity contribution in [2.75, 3.05) is 33.9 Å². The van der Waals surface area contributed by atoms with Crippen molar-refractivity contribution in [1.82, 2.24) is 14.9 Å². The Labute approximate surface area is 123 Å². The van der Waals surface area contributed by atoms with E-state index >= 15 is 0 Å². The number of ether oxygens (including phenoxy) is 3. The molecule has 1 aliphatic rings. The summed E-state index contributed by atoms with van der Waals surface area (Å²) < 4.78 is 18.4. The summed E-state index contributed by atoms with van der Waals surface area (Å²) in [7, 11) is 3.26. The van der Waals surface area contributed by atoms with E-state index in [9.17, 15) is 0 Å². The average Bonchev–Trinajstić information content (AvgIpc) is 3.04. The van der Waals surface area contributed by atoms with Crippen LogP contribution in [0, 0.1) is 0 Å². The van der Waals surface area contributed by atoms with Gasteiger partial charge in [0.15, 0.2) is 11.5 Å². The van der Waals surface area contributed by atoms with Gasteiger partial charge < -0.3 is 24.1 Å². The lowest BCUT2D eigenvalue weighted by Crippen LogP contribution is -2.34. The van der Waals surface area contributed by atoms with Gasteiger partial charge in [0.25, 0.3) is 0 Å². The van der Waals surface area contributed by atoms with Gasteiger partial charge >= 0.3 is 0 Å². The van der Waals surface area contributed by atoms with Crippen molar-refractivity contribution in [1.29, 1.82) is 0 Å². The Morgan fingerprint density at radius 2 is 2.14 bits per heavy atom. The summed E-state index contributed by atoms with van der Waals surface area (Å²) in [6.07, 6.45) is 3.64. The first kappa shape index (κ1) is 13.9. The normalized spacial score (nSPS) is 18.5. The Morgan fingerprint density at radius 3 is 2.86 bits per heavy atom. The van der Waals surface area contributed by atoms with E-state index in [1.54, 1.807) is 20.5 Å². The quantitative estimate of drug-likeness (QED) is 0.925. The van der Waals surface area contributed by atoms with E-state index in [2.05, 4.69) is 10.3 Å². The highest BCUT2D eigenvalue weighted by Crippen LogP contribution is 2.30. The molecule has 1 aliphatic heterocycles. The number of hydrogen-bond donors (Lipinski definition) is 1. The molecule has 1 atom stereocenters. The van der Waals surface area contributed by atoms with E-state index in [0.717, 1.165) is 24.5 Å². The maximum absolute atomic E-state index is 5.81. The second-order valence-corrected chi connectivity index (χ2v) is 4.79. The van der Waals surface area contributed by atoms with Crippen LogP contribution < -0.4 is 14.8 Å². The molecule has 0 saturated carbocycles. The monoisotopic (exact) mass is 289 g/mol. The maximum Gasteiger partial charge on any atom is 0.162 e. The molecule has 6 nitrogen and oxygen atoms in total. The molecule has 112 valence electrons. The average molecular weight is 289 g/mol. The Morgan fingerprint density at radius 1 is 1.29 bits per heavy atom. The fraction of sp³-hybridized carbons (Fsp3) is 0.400. The van der Waals surface area contributed by atoms with Crippen LogP contribution in [-0.2, 0) is 4.74 Å². The van der Waals surface area contributed by atoms with Crippen LogP contribution in [0.15, 0.2) is 30.7 Å². The Kier molecular flexibility index (Phi) is 4.08. The standard InChI is InChI=1S/C15H19N3O3/c1-19-13-4-3-11(7-14(13)20-2)18-10-17-8-12(18)15-9-16-5-6-21-15/h3-4,7-8,10,15-16H,5-6,9H2,1-2H3. The van der Waals surface area contributed by atoms with Gasteiger partial charge in [-0.05, 0) is 12.1 Å². The fourth-order valence-electron chi connectivity index (χ4n) is 2.49. The molecule has 1 aromatic carbocycles. The Bertz CT molecular complexity index is 606. The van der Waals surface area contributed by atoms with Crippen molar-refractivity contribution in [3.63, 3.8) is 0 Å². The number of nitrogens with zero attached hydrogens (tertiary/aromatic N) is 2. The van der Waals surface area contributed by atoms with E-state index in [1.807, 2.05) is 29.0 Å². The lowest BCUT2D eigenvalue weighted by Gasteiger charge is -2.24. The highest BCUT2D eigenvalue weighted by atomic mass is 16.5. The van der Waals surface area contributed by atoms with Crippen LogP contribution in [0.1, 0.15) is 11.8 Å². The first-order chi connectivity index (χ1) is 10.3. The highest BCUT2D eigenvalue weighted by Gasteiger charge is 2.20. The molecule has 0 aliphatic carbocycles. The van der Waals surface area contributed by atoms with Gasteiger partial charge in [-0.25, -0.2) is 4.98 Å². The van der Waals surface area contributed by atoms with Gasteiger partial charge in [0.1, 0.15) is 6.10 Å². The van der Waals surface area contributed by atoms with Crippen LogP contribution in [0.5, 0.6) is 11.5 Å². The first-order valence-electron chi connectivity index (χ1n) is 6.90. The van der Waals surface area contributed by atoms with Crippen LogP contribution in [-0.4, -0.2) is 43.5 Å². The minimum atomic E-state index is 0.00865. The van der Waals surface area contributed by atoms with Gasteiger partial charge in [0.05, 0.1) is 44.7 Å². The van der Waals surface area contributed by atoms with Crippen molar-refractivity contribution in [3.05, 3.63) is 36.4 Å². The molecular weight excluding hydrogens is 270 g/mol. The third-order valence-corrected chi connectivity index (χ3v) is 3.57. The van der Waals surface area contributed by atoms with Gasteiger partial charge in [0, 0.05) is 19.2 Å². The van der Waals surface area contributed by atoms with Crippen LogP contribution >= 0.6 is 0 Å². The van der Waals surface area contributed by atoms with Crippen molar-refractivity contribution in [2.24, 2.45) is 0 Å². The zero-order valence-corrected chi connectivity index (χ0v) is 12.2. The van der Waals surface area contributed by atoms with Crippen molar-refractivity contribution >= 4 is 0 Å². The third-order valence-electron chi connectivity index (χ3n) is 3.57. The van der Waals surface area contributed by atoms with Crippen molar-refractivity contribution in [2.45, 2.75) is 6.10 Å². The van der Waals surface area contributed by atoms with E-state index in [0.29, 0.717) is 18.1 Å². The highest BCUT2D eigenvalue weighted by molar-refractivity contribution is 5.49. The second-order valence-electron chi connectivity index (χ2n) is 4.79. The largest absolute Gasteiger partial charge is 0.493 e. The molecule has 2 aromatic rings. The Balaban J connectivity index is 1.95. The van der Waals surface area contributed by atoms with E-state index in [-0.39, 0.29) is 6.10 Å². The summed E-state index contributed by atoms with van der Waals surface area (Å²) in [5.41, 5.74) is 1.99. The van der Waals surface area contributed by atoms with Gasteiger partial charge in [-0.1, -0.05) is 0 Å². The molecule has 1 saturated heterocycles. The van der Waals surface area contributed by atoms with Crippen molar-refractivity contribution < 1.29 is 14.2 Å². The summed E-state index contributed by atoms with van der Waals surface area (Å²) in [4.78, 5) is 4.25. The molecule has 0 amide bonds. The van der Waals surface area contributed by atoms with Crippen LogP contribution in [0.25, 0.3) is 5.69 Å². The van der Waals surface area contributed by atoms with Gasteiger partial charge in [-0.2, -0.15) is 0 Å². The number of nitrogens with one attached hydrogen (secondary N) is 1. The van der Waals surface area contributed by atoms with Crippen LogP contribution in [0.2, 0.25) is 0 Å². The smallest absolute Gasteiger partial charge is 0.162 e. The molecule has 1 unspecified atom stereocenters. The number of hydrogen-bond acceptors (Lipinski definition) is 5. The lowest BCUT2D eigenvalue weighted by molar-refractivity contribution is 0.0240. The van der Waals surface area contributed by atoms with Gasteiger partial charge in [-0.15, -0.1) is 0 Å². The zero-order chi connectivity index (χ0) is 14.7. The molecule has 6 heteroatoms. The molecule has 0 radical (unpaired) electrons. The predicted octanol–water partition coefficient (Wildman–Crippen LogP) is 1.55. The second kappa shape index (κ2) is 6.15. The molecule has 0 bridgehead atoms. The van der Waals surface area contributed by atoms with E-state index in [1.165, 1.54) is 0 Å². The molecule has 1 N–H and O–H groups in total. The summed E-state index contributed by atoms with van der Waals surface area (Å²) in [6, 6.07) is 5.79. The number of benzene rings is 1. The number of methoxy groups -OCH3 is 2. The van der Waals surface area contributed by atoms with E-state index < -0.39 is 0 Å². The molecule has 0 spiro atoms. The van der Waals surface area contributed by atoms with Crippen molar-refractivity contribution in [3.8, 4) is 17.2 Å². The molecule has 21 heavy (non-hydrogen) atoms. The van der Waals surface area contributed by atoms with Crippen LogP contribution in [0.4, 0.5) is 0 Å². The number of aromatic nitrogens is 2. The summed E-state index contributed by atoms with van der Waals surface area (Å²) >= 11 is 0. The fourth-order valence-corrected chi connectivity index (χ4v) is 2.49. The maximum atomic E-state index is 5.81. The van der Waals surface area contributed by atoms with Crippen LogP contribution in [0.3, 0.4) is 0 Å². The molecule has 1 aromatic heterocycles. The minimum absolute atomic E-state index is 0.00865. The molecule has 1 fully saturated rings. The summed E-state index contributed by atoms with van der Waals surface area (Å²) in [5, 5.41) is 3.33. The number of morpholine rings is 1. The summed E-state index contributed by atoms with van der Waals surface area (Å²) in [5.74, 6) is 1.40. The SMILES string of the molecule is COc1ccc(-n2cncc2C2CNCCO2)cc1OC. The van der Waals surface area contributed by atoms with Gasteiger partial charge in [-0.3, -0.25) is 0 Å². The minimum Gasteiger partial charge on any atom is -0.493 e. The Hall–Kier alpha value is -2.05. The predicted molar refractivity (Wildman–Crippen MR) is 78.2 cm³/mol. The third kappa shape index (κ3) is 2.72. The molecule has 3 rings (SSSR count). The summed E-state index contributed by atoms with van der Waals surface area (Å²) in [6.45, 7) is 2.39. The molecule has 2 heterocycles. The number of imidazole rings is 1. The number of rotatable bonds is 4. The first-order valence-corrected chi connectivity index (χ1v) is 6.90. The van der Waals surface area contributed by atoms with E-state index in [4.69, 9.17) is 14.2 Å².